The number of rotatable bonds is 16. The van der Waals surface area contributed by atoms with Gasteiger partial charge in [-0.3, -0.25) is 43.8 Å². The summed E-state index contributed by atoms with van der Waals surface area (Å²) >= 11 is 12.4. The first-order chi connectivity index (χ1) is 32.7. The molecule has 0 radical (unpaired) electrons. The van der Waals surface area contributed by atoms with Crippen molar-refractivity contribution in [1.29, 1.82) is 0 Å². The zero-order chi connectivity index (χ0) is 48.2. The fraction of sp³-hybridized carbons (Fsp3) is 0.408. The molecule has 5 heterocycles. The molecule has 0 saturated carbocycles. The number of hydrogen-bond donors (Lipinski definition) is 3. The number of imide groups is 2. The molecule has 4 aromatic rings. The van der Waals surface area contributed by atoms with E-state index in [4.69, 9.17) is 27.9 Å². The number of piperazine rings is 1. The van der Waals surface area contributed by atoms with E-state index in [2.05, 4.69) is 26.1 Å². The summed E-state index contributed by atoms with van der Waals surface area (Å²) in [5.41, 5.74) is 2.47. The van der Waals surface area contributed by atoms with Gasteiger partial charge in [0.05, 0.1) is 26.7 Å². The maximum absolute atomic E-state index is 14.1. The van der Waals surface area contributed by atoms with Crippen LogP contribution in [0.4, 0.5) is 15.9 Å². The van der Waals surface area contributed by atoms with Crippen molar-refractivity contribution in [3.8, 4) is 5.75 Å². The third-order valence-corrected chi connectivity index (χ3v) is 13.6. The minimum atomic E-state index is -0.983. The summed E-state index contributed by atoms with van der Waals surface area (Å²) in [6.45, 7) is 4.70. The first kappa shape index (κ1) is 48.0. The standard InChI is InChI=1S/C49H51Cl2FN8O8/c1-27-25-58(47(65)30-16-18-31(19-17-30)53-44(63)35-24-37-43(57-56-35)55-46(68-37)41-33(50)20-21-34(52)42(41)51)26-28(2)59(27)39(62)15-10-8-6-4-3-5-7-9-12-29-13-11-14-32-40(29)49(67)60(48(32)66)36-22-23-38(61)54-45(36)64/h11,13-14,16-21,24,27-28,36,46H,3-10,12,15,22-23,25-26H2,1-2H3,(H,53,63)(H,55,57)(H,54,61,64)/t27-,28+,36?,46-/m0/s1. The van der Waals surface area contributed by atoms with E-state index in [1.807, 2.05) is 24.8 Å². The maximum Gasteiger partial charge on any atom is 0.276 e. The molecule has 0 spiro atoms. The Morgan fingerprint density at radius 3 is 2.25 bits per heavy atom. The molecular formula is C49H51Cl2FN8O8. The Balaban J connectivity index is 0.717. The van der Waals surface area contributed by atoms with E-state index in [-0.39, 0.29) is 69.6 Å². The number of hydrogen-bond acceptors (Lipinski definition) is 11. The topological polar surface area (TPSA) is 200 Å². The van der Waals surface area contributed by atoms with Crippen molar-refractivity contribution in [3.63, 3.8) is 0 Å². The first-order valence-electron chi connectivity index (χ1n) is 23.0. The molecule has 1 aromatic heterocycles. The highest BCUT2D eigenvalue weighted by molar-refractivity contribution is 6.36. The largest absolute Gasteiger partial charge is 0.462 e. The van der Waals surface area contributed by atoms with Crippen molar-refractivity contribution < 1.29 is 42.7 Å². The smallest absolute Gasteiger partial charge is 0.276 e. The van der Waals surface area contributed by atoms with E-state index in [9.17, 15) is 38.0 Å². The fourth-order valence-corrected chi connectivity index (χ4v) is 10.1. The molecule has 8 rings (SSSR count). The Morgan fingerprint density at radius 1 is 0.853 bits per heavy atom. The lowest BCUT2D eigenvalue weighted by atomic mass is 9.97. The van der Waals surface area contributed by atoms with Crippen LogP contribution in [0.1, 0.15) is 143 Å². The van der Waals surface area contributed by atoms with E-state index >= 15 is 0 Å². The molecule has 4 aliphatic rings. The van der Waals surface area contributed by atoms with Crippen LogP contribution in [-0.4, -0.2) is 97.5 Å². The second-order valence-corrected chi connectivity index (χ2v) is 18.5. The highest BCUT2D eigenvalue weighted by atomic mass is 35.5. The summed E-state index contributed by atoms with van der Waals surface area (Å²) in [6, 6.07) is 14.3. The fourth-order valence-electron chi connectivity index (χ4n) is 9.50. The molecule has 3 N–H and O–H groups in total. The van der Waals surface area contributed by atoms with Crippen molar-refractivity contribution in [3.05, 3.63) is 110 Å². The lowest BCUT2D eigenvalue weighted by Crippen LogP contribution is -2.59. The zero-order valence-electron chi connectivity index (χ0n) is 37.6. The normalized spacial score (nSPS) is 19.9. The van der Waals surface area contributed by atoms with Crippen LogP contribution in [0.5, 0.6) is 5.75 Å². The number of amides is 7. The van der Waals surface area contributed by atoms with Crippen molar-refractivity contribution in [1.82, 2.24) is 30.2 Å². The lowest BCUT2D eigenvalue weighted by Gasteiger charge is -2.44. The van der Waals surface area contributed by atoms with Crippen molar-refractivity contribution in [2.24, 2.45) is 0 Å². The van der Waals surface area contributed by atoms with E-state index in [1.165, 1.54) is 12.1 Å². The Kier molecular flexibility index (Phi) is 14.7. The summed E-state index contributed by atoms with van der Waals surface area (Å²) in [4.78, 5) is 95.3. The molecule has 0 aliphatic carbocycles. The number of carbonyl (C=O) groups is 7. The third kappa shape index (κ3) is 10.2. The van der Waals surface area contributed by atoms with E-state index < -0.39 is 47.6 Å². The zero-order valence-corrected chi connectivity index (χ0v) is 39.1. The number of halogens is 3. The van der Waals surface area contributed by atoms with Gasteiger partial charge in [0.25, 0.3) is 23.6 Å². The molecule has 0 bridgehead atoms. The Hall–Kier alpha value is -6.46. The molecule has 356 valence electrons. The van der Waals surface area contributed by atoms with Crippen LogP contribution in [0, 0.1) is 5.82 Å². The predicted octanol–water partition coefficient (Wildman–Crippen LogP) is 7.89. The van der Waals surface area contributed by atoms with E-state index in [0.29, 0.717) is 48.3 Å². The number of anilines is 2. The molecule has 3 aromatic carbocycles. The Labute approximate surface area is 402 Å². The summed E-state index contributed by atoms with van der Waals surface area (Å²) in [5.74, 6) is -2.89. The maximum atomic E-state index is 14.1. The number of nitrogens with one attached hydrogen (secondary N) is 3. The minimum Gasteiger partial charge on any atom is -0.462 e. The lowest BCUT2D eigenvalue weighted by molar-refractivity contribution is -0.139. The van der Waals surface area contributed by atoms with Crippen LogP contribution in [0.15, 0.2) is 60.7 Å². The van der Waals surface area contributed by atoms with Gasteiger partial charge in [-0.05, 0) is 87.6 Å². The number of ether oxygens (including phenoxy) is 1. The monoisotopic (exact) mass is 968 g/mol. The average Bonchev–Trinajstić information content (AvgIpc) is 3.85. The van der Waals surface area contributed by atoms with Crippen LogP contribution in [0.3, 0.4) is 0 Å². The van der Waals surface area contributed by atoms with Gasteiger partial charge in [-0.15, -0.1) is 10.2 Å². The van der Waals surface area contributed by atoms with E-state index in [1.54, 1.807) is 41.3 Å². The predicted molar refractivity (Wildman–Crippen MR) is 250 cm³/mol. The van der Waals surface area contributed by atoms with Crippen LogP contribution in [-0.2, 0) is 20.8 Å². The van der Waals surface area contributed by atoms with Gasteiger partial charge in [0.1, 0.15) is 11.9 Å². The van der Waals surface area contributed by atoms with Crippen LogP contribution < -0.4 is 20.7 Å². The van der Waals surface area contributed by atoms with Gasteiger partial charge in [0.15, 0.2) is 17.3 Å². The van der Waals surface area contributed by atoms with Crippen molar-refractivity contribution >= 4 is 76.1 Å². The van der Waals surface area contributed by atoms with Gasteiger partial charge in [-0.2, -0.15) is 0 Å². The summed E-state index contributed by atoms with van der Waals surface area (Å²) < 4.78 is 20.0. The number of carbonyl (C=O) groups excluding carboxylic acids is 7. The van der Waals surface area contributed by atoms with Gasteiger partial charge in [-0.25, -0.2) is 4.39 Å². The Morgan fingerprint density at radius 2 is 1.54 bits per heavy atom. The number of nitrogens with zero attached hydrogens (tertiary/aromatic N) is 5. The third-order valence-electron chi connectivity index (χ3n) is 12.9. The summed E-state index contributed by atoms with van der Waals surface area (Å²) in [7, 11) is 0. The number of benzene rings is 3. The van der Waals surface area contributed by atoms with Crippen LogP contribution >= 0.6 is 23.2 Å². The highest BCUT2D eigenvalue weighted by Crippen LogP contribution is 2.42. The van der Waals surface area contributed by atoms with Gasteiger partial charge in [-0.1, -0.05) is 73.9 Å². The SMILES string of the molecule is C[C@@H]1CN(C(=O)c2ccc(NC(=O)c3cc4c(nn3)N[C@H](c3c(Cl)ccc(F)c3Cl)O4)cc2)C[C@H](C)N1C(=O)CCCCCCCCCCc1cccc2c1C(=O)N(C1CCC(=O)NC1=O)C2=O. The molecule has 2 saturated heterocycles. The number of fused-ring (bicyclic) bond motifs is 2. The van der Waals surface area contributed by atoms with Crippen LogP contribution in [0.2, 0.25) is 10.0 Å². The highest BCUT2D eigenvalue weighted by Gasteiger charge is 2.45. The van der Waals surface area contributed by atoms with Gasteiger partial charge in [0.2, 0.25) is 23.9 Å². The molecular weight excluding hydrogens is 918 g/mol. The average molecular weight is 970 g/mol. The van der Waals surface area contributed by atoms with Gasteiger partial charge < -0.3 is 25.2 Å². The van der Waals surface area contributed by atoms with Crippen LogP contribution in [0.25, 0.3) is 0 Å². The molecule has 16 nitrogen and oxygen atoms in total. The number of unbranched alkanes of at least 4 members (excludes halogenated alkanes) is 7. The number of aromatic nitrogens is 2. The van der Waals surface area contributed by atoms with Gasteiger partial charge >= 0.3 is 0 Å². The quantitative estimate of drug-likeness (QED) is 0.0560. The molecule has 4 aliphatic heterocycles. The molecule has 2 fully saturated rings. The number of piperidine rings is 1. The molecule has 68 heavy (non-hydrogen) atoms. The number of aryl methyl sites for hydroxylation is 1. The summed E-state index contributed by atoms with van der Waals surface area (Å²) in [5, 5.41) is 15.9. The first-order valence-corrected chi connectivity index (χ1v) is 23.7. The van der Waals surface area contributed by atoms with E-state index in [0.717, 1.165) is 67.9 Å². The molecule has 7 amide bonds. The van der Waals surface area contributed by atoms with Crippen molar-refractivity contribution in [2.45, 2.75) is 115 Å². The molecule has 4 atom stereocenters. The Bertz CT molecular complexity index is 2660. The second kappa shape index (κ2) is 20.8. The van der Waals surface area contributed by atoms with Gasteiger partial charge in [0, 0.05) is 55.3 Å². The summed E-state index contributed by atoms with van der Waals surface area (Å²) in [6.07, 6.45) is 8.03. The second-order valence-electron chi connectivity index (χ2n) is 17.7. The molecule has 1 unspecified atom stereocenters. The molecule has 19 heteroatoms. The minimum absolute atomic E-state index is 0.0443. The van der Waals surface area contributed by atoms with Crippen molar-refractivity contribution in [2.75, 3.05) is 23.7 Å².